The molecule has 0 aromatic heterocycles. The van der Waals surface area contributed by atoms with Crippen LogP contribution < -0.4 is 10.6 Å². The fourth-order valence-corrected chi connectivity index (χ4v) is 3.22. The third-order valence-electron chi connectivity index (χ3n) is 4.69. The lowest BCUT2D eigenvalue weighted by Crippen LogP contribution is -2.44. The maximum atomic E-state index is 5.38. The van der Waals surface area contributed by atoms with E-state index in [2.05, 4.69) is 41.2 Å². The molecule has 0 atom stereocenters. The molecule has 1 saturated heterocycles. The predicted octanol–water partition coefficient (Wildman–Crippen LogP) is 1.14. The van der Waals surface area contributed by atoms with Crippen molar-refractivity contribution < 1.29 is 4.74 Å². The highest BCUT2D eigenvalue weighted by molar-refractivity contribution is 5.79. The molecule has 1 aliphatic heterocycles. The van der Waals surface area contributed by atoms with Crippen LogP contribution in [-0.2, 0) is 4.74 Å². The Morgan fingerprint density at radius 1 is 1.25 bits per heavy atom. The van der Waals surface area contributed by atoms with Gasteiger partial charge in [-0.2, -0.15) is 0 Å². The second-order valence-corrected chi connectivity index (χ2v) is 7.06. The highest BCUT2D eigenvalue weighted by Crippen LogP contribution is 2.27. The zero-order chi connectivity index (χ0) is 17.2. The molecule has 0 amide bonds. The van der Waals surface area contributed by atoms with Crippen molar-refractivity contribution in [3.05, 3.63) is 0 Å². The van der Waals surface area contributed by atoms with Crippen LogP contribution in [0.2, 0.25) is 0 Å². The van der Waals surface area contributed by atoms with E-state index in [4.69, 9.17) is 9.73 Å². The molecule has 0 radical (unpaired) electrons. The third kappa shape index (κ3) is 7.36. The summed E-state index contributed by atoms with van der Waals surface area (Å²) in [5.41, 5.74) is 0. The van der Waals surface area contributed by atoms with Crippen LogP contribution in [0.25, 0.3) is 0 Å². The van der Waals surface area contributed by atoms with Gasteiger partial charge in [0.1, 0.15) is 0 Å². The number of nitrogens with zero attached hydrogens (tertiary/aromatic N) is 3. The summed E-state index contributed by atoms with van der Waals surface area (Å²) >= 11 is 0. The first kappa shape index (κ1) is 19.5. The molecular formula is C18H37N5O. The van der Waals surface area contributed by atoms with E-state index >= 15 is 0 Å². The molecule has 2 fully saturated rings. The molecule has 2 aliphatic rings. The zero-order valence-corrected chi connectivity index (χ0v) is 15.9. The van der Waals surface area contributed by atoms with E-state index in [0.717, 1.165) is 77.4 Å². The van der Waals surface area contributed by atoms with Gasteiger partial charge in [0.25, 0.3) is 0 Å². The zero-order valence-electron chi connectivity index (χ0n) is 15.9. The smallest absolute Gasteiger partial charge is 0.191 e. The van der Waals surface area contributed by atoms with Crippen LogP contribution in [0, 0.1) is 0 Å². The number of guanidine groups is 1. The number of nitrogens with one attached hydrogen (secondary N) is 2. The first-order valence-corrected chi connectivity index (χ1v) is 9.78. The van der Waals surface area contributed by atoms with Gasteiger partial charge >= 0.3 is 0 Å². The standard InChI is InChI=1S/C18H37N5O/c1-4-19-18(20-8-5-10-22-12-14-24-15-13-22)21-9-11-23(16(2)3)17-6-7-17/h16-17H,4-15H2,1-3H3,(H2,19,20,21). The second kappa shape index (κ2) is 10.9. The Labute approximate surface area is 148 Å². The number of morpholine rings is 1. The van der Waals surface area contributed by atoms with Gasteiger partial charge in [-0.15, -0.1) is 0 Å². The predicted molar refractivity (Wildman–Crippen MR) is 101 cm³/mol. The number of hydrogen-bond donors (Lipinski definition) is 2. The van der Waals surface area contributed by atoms with Crippen molar-refractivity contribution in [3.63, 3.8) is 0 Å². The van der Waals surface area contributed by atoms with Crippen molar-refractivity contribution in [1.29, 1.82) is 0 Å². The molecule has 0 aromatic carbocycles. The normalized spacial score (nSPS) is 20.0. The third-order valence-corrected chi connectivity index (χ3v) is 4.69. The Balaban J connectivity index is 1.63. The lowest BCUT2D eigenvalue weighted by atomic mass is 10.3. The monoisotopic (exact) mass is 339 g/mol. The number of aliphatic imine (C=N–C) groups is 1. The molecule has 0 bridgehead atoms. The summed E-state index contributed by atoms with van der Waals surface area (Å²) in [6, 6.07) is 1.45. The van der Waals surface area contributed by atoms with Gasteiger partial charge < -0.3 is 15.4 Å². The van der Waals surface area contributed by atoms with Crippen LogP contribution in [0.1, 0.15) is 40.0 Å². The van der Waals surface area contributed by atoms with E-state index in [9.17, 15) is 0 Å². The van der Waals surface area contributed by atoms with Gasteiger partial charge in [-0.25, -0.2) is 0 Å². The summed E-state index contributed by atoms with van der Waals surface area (Å²) in [4.78, 5) is 9.79. The quantitative estimate of drug-likeness (QED) is 0.355. The van der Waals surface area contributed by atoms with Gasteiger partial charge in [0.15, 0.2) is 5.96 Å². The van der Waals surface area contributed by atoms with E-state index in [1.165, 1.54) is 12.8 Å². The van der Waals surface area contributed by atoms with Crippen LogP contribution in [0.4, 0.5) is 0 Å². The van der Waals surface area contributed by atoms with Gasteiger partial charge in [0.05, 0.1) is 13.2 Å². The molecule has 1 saturated carbocycles. The largest absolute Gasteiger partial charge is 0.379 e. The van der Waals surface area contributed by atoms with E-state index < -0.39 is 0 Å². The molecule has 0 unspecified atom stereocenters. The van der Waals surface area contributed by atoms with E-state index in [1.807, 2.05) is 0 Å². The molecular weight excluding hydrogens is 302 g/mol. The fraction of sp³-hybridized carbons (Fsp3) is 0.944. The van der Waals surface area contributed by atoms with Gasteiger partial charge in [0, 0.05) is 57.9 Å². The van der Waals surface area contributed by atoms with E-state index in [-0.39, 0.29) is 0 Å². The van der Waals surface area contributed by atoms with Crippen molar-refractivity contribution in [1.82, 2.24) is 20.4 Å². The first-order valence-electron chi connectivity index (χ1n) is 9.78. The van der Waals surface area contributed by atoms with Crippen LogP contribution in [-0.4, -0.2) is 86.9 Å². The van der Waals surface area contributed by atoms with Crippen LogP contribution in [0.5, 0.6) is 0 Å². The summed E-state index contributed by atoms with van der Waals surface area (Å²) in [6.07, 6.45) is 3.85. The maximum Gasteiger partial charge on any atom is 0.191 e. The molecule has 2 N–H and O–H groups in total. The molecule has 6 nitrogen and oxygen atoms in total. The first-order chi connectivity index (χ1) is 11.7. The average Bonchev–Trinajstić information content (AvgIpc) is 3.40. The lowest BCUT2D eigenvalue weighted by molar-refractivity contribution is 0.0377. The number of ether oxygens (including phenoxy) is 1. The second-order valence-electron chi connectivity index (χ2n) is 7.06. The summed E-state index contributed by atoms with van der Waals surface area (Å²) in [5, 5.41) is 6.85. The summed E-state index contributed by atoms with van der Waals surface area (Å²) < 4.78 is 5.38. The molecule has 140 valence electrons. The average molecular weight is 340 g/mol. The Hall–Kier alpha value is -0.850. The summed E-state index contributed by atoms with van der Waals surface area (Å²) in [6.45, 7) is 15.6. The van der Waals surface area contributed by atoms with Crippen molar-refractivity contribution in [2.75, 3.05) is 59.0 Å². The van der Waals surface area contributed by atoms with E-state index in [1.54, 1.807) is 0 Å². The Morgan fingerprint density at radius 2 is 2.00 bits per heavy atom. The molecule has 24 heavy (non-hydrogen) atoms. The minimum absolute atomic E-state index is 0.632. The van der Waals surface area contributed by atoms with Crippen LogP contribution in [0.15, 0.2) is 4.99 Å². The molecule has 1 aliphatic carbocycles. The Morgan fingerprint density at radius 3 is 2.62 bits per heavy atom. The van der Waals surface area contributed by atoms with Gasteiger partial charge in [-0.3, -0.25) is 14.8 Å². The Kier molecular flexibility index (Phi) is 8.84. The molecule has 2 rings (SSSR count). The topological polar surface area (TPSA) is 52.1 Å². The van der Waals surface area contributed by atoms with Crippen molar-refractivity contribution in [3.8, 4) is 0 Å². The highest BCUT2D eigenvalue weighted by atomic mass is 16.5. The Bertz CT molecular complexity index is 362. The van der Waals surface area contributed by atoms with Crippen molar-refractivity contribution in [2.24, 2.45) is 4.99 Å². The number of hydrogen-bond acceptors (Lipinski definition) is 4. The van der Waals surface area contributed by atoms with Crippen molar-refractivity contribution in [2.45, 2.75) is 52.1 Å². The highest BCUT2D eigenvalue weighted by Gasteiger charge is 2.30. The van der Waals surface area contributed by atoms with Gasteiger partial charge in [-0.1, -0.05) is 0 Å². The molecule has 1 heterocycles. The summed E-state index contributed by atoms with van der Waals surface area (Å²) in [7, 11) is 0. The summed E-state index contributed by atoms with van der Waals surface area (Å²) in [5.74, 6) is 0.957. The fourth-order valence-electron chi connectivity index (χ4n) is 3.22. The molecule has 0 spiro atoms. The minimum Gasteiger partial charge on any atom is -0.379 e. The van der Waals surface area contributed by atoms with Crippen LogP contribution >= 0.6 is 0 Å². The SMILES string of the molecule is CCNC(=NCCCN1CCOCC1)NCCN(C(C)C)C1CC1. The van der Waals surface area contributed by atoms with Crippen LogP contribution in [0.3, 0.4) is 0 Å². The van der Waals surface area contributed by atoms with Gasteiger partial charge in [0.2, 0.25) is 0 Å². The van der Waals surface area contributed by atoms with Gasteiger partial charge in [-0.05, 0) is 40.0 Å². The number of rotatable bonds is 10. The molecule has 6 heteroatoms. The lowest BCUT2D eigenvalue weighted by Gasteiger charge is -2.27. The maximum absolute atomic E-state index is 5.38. The molecule has 0 aromatic rings. The van der Waals surface area contributed by atoms with E-state index in [0.29, 0.717) is 6.04 Å². The minimum atomic E-state index is 0.632. The van der Waals surface area contributed by atoms with Crippen molar-refractivity contribution >= 4 is 5.96 Å².